The lowest BCUT2D eigenvalue weighted by atomic mass is 10.2. The maximum Gasteiger partial charge on any atom is 0.335 e. The molecule has 0 saturated carbocycles. The molecule has 29 heavy (non-hydrogen) atoms. The number of amides is 2. The van der Waals surface area contributed by atoms with Gasteiger partial charge in [0.25, 0.3) is 5.91 Å². The number of carbonyl (C=O) groups excluding carboxylic acids is 2. The molecule has 0 aromatic heterocycles. The third-order valence-corrected chi connectivity index (χ3v) is 5.85. The average Bonchev–Trinajstić information content (AvgIpc) is 2.93. The lowest BCUT2D eigenvalue weighted by Crippen LogP contribution is -2.31. The normalized spacial score (nSPS) is 15.1. The molecule has 1 saturated heterocycles. The Kier molecular flexibility index (Phi) is 6.83. The third-order valence-electron chi connectivity index (χ3n) is 3.98. The van der Waals surface area contributed by atoms with Crippen LogP contribution in [-0.4, -0.2) is 38.7 Å². The van der Waals surface area contributed by atoms with Gasteiger partial charge in [-0.25, -0.2) is 4.79 Å². The first-order valence-electron chi connectivity index (χ1n) is 8.47. The number of halogens is 1. The van der Waals surface area contributed by atoms with Gasteiger partial charge in [-0.15, -0.1) is 0 Å². The van der Waals surface area contributed by atoms with Crippen molar-refractivity contribution in [1.29, 1.82) is 0 Å². The van der Waals surface area contributed by atoms with Crippen molar-refractivity contribution in [2.24, 2.45) is 0 Å². The molecule has 148 valence electrons. The van der Waals surface area contributed by atoms with E-state index in [1.807, 2.05) is 24.3 Å². The number of nitrogens with zero attached hydrogens (tertiary/aromatic N) is 1. The van der Waals surface area contributed by atoms with Crippen LogP contribution in [-0.2, 0) is 9.59 Å². The lowest BCUT2D eigenvalue weighted by Gasteiger charge is -2.14. The quantitative estimate of drug-likeness (QED) is 0.461. The number of benzene rings is 2. The molecule has 0 spiro atoms. The van der Waals surface area contributed by atoms with Crippen molar-refractivity contribution < 1.29 is 19.5 Å². The molecular formula is C20H15BrN2O4S2. The summed E-state index contributed by atoms with van der Waals surface area (Å²) in [6.45, 7) is 0.144. The summed E-state index contributed by atoms with van der Waals surface area (Å²) >= 11 is 9.88. The molecule has 0 unspecified atom stereocenters. The van der Waals surface area contributed by atoms with Crippen LogP contribution >= 0.6 is 39.9 Å². The van der Waals surface area contributed by atoms with Crippen LogP contribution in [0.4, 0.5) is 5.69 Å². The van der Waals surface area contributed by atoms with Gasteiger partial charge < -0.3 is 10.4 Å². The van der Waals surface area contributed by atoms with Crippen LogP contribution in [0.1, 0.15) is 22.3 Å². The Labute approximate surface area is 185 Å². The average molecular weight is 491 g/mol. The summed E-state index contributed by atoms with van der Waals surface area (Å²) in [5.41, 5.74) is 1.34. The molecule has 1 heterocycles. The summed E-state index contributed by atoms with van der Waals surface area (Å²) in [7, 11) is 0. The highest BCUT2D eigenvalue weighted by molar-refractivity contribution is 9.10. The van der Waals surface area contributed by atoms with Crippen molar-refractivity contribution in [3.05, 3.63) is 69.0 Å². The van der Waals surface area contributed by atoms with Gasteiger partial charge in [0, 0.05) is 23.1 Å². The minimum Gasteiger partial charge on any atom is -0.478 e. The van der Waals surface area contributed by atoms with E-state index in [4.69, 9.17) is 17.3 Å². The summed E-state index contributed by atoms with van der Waals surface area (Å²) in [5.74, 6) is -1.64. The van der Waals surface area contributed by atoms with Crippen LogP contribution in [0.15, 0.2) is 57.9 Å². The molecule has 3 rings (SSSR count). The molecule has 6 nitrogen and oxygen atoms in total. The molecule has 1 fully saturated rings. The first-order chi connectivity index (χ1) is 13.8. The topological polar surface area (TPSA) is 86.7 Å². The Hall–Kier alpha value is -2.49. The van der Waals surface area contributed by atoms with Gasteiger partial charge in [0.2, 0.25) is 5.91 Å². The molecule has 1 aliphatic heterocycles. The van der Waals surface area contributed by atoms with Gasteiger partial charge in [0.05, 0.1) is 10.5 Å². The van der Waals surface area contributed by atoms with Gasteiger partial charge in [-0.3, -0.25) is 14.5 Å². The van der Waals surface area contributed by atoms with Crippen molar-refractivity contribution in [3.63, 3.8) is 0 Å². The summed E-state index contributed by atoms with van der Waals surface area (Å²) in [5, 5.41) is 11.7. The summed E-state index contributed by atoms with van der Waals surface area (Å²) in [6.07, 6.45) is 1.80. The maximum atomic E-state index is 12.6. The number of hydrogen-bond donors (Lipinski definition) is 2. The third kappa shape index (κ3) is 5.53. The van der Waals surface area contributed by atoms with E-state index in [1.54, 1.807) is 18.2 Å². The fourth-order valence-electron chi connectivity index (χ4n) is 2.61. The van der Waals surface area contributed by atoms with Crippen LogP contribution < -0.4 is 5.32 Å². The van der Waals surface area contributed by atoms with E-state index in [9.17, 15) is 14.4 Å². The molecule has 1 aliphatic rings. The summed E-state index contributed by atoms with van der Waals surface area (Å²) in [4.78, 5) is 37.8. The van der Waals surface area contributed by atoms with Gasteiger partial charge in [0.15, 0.2) is 0 Å². The van der Waals surface area contributed by atoms with Crippen LogP contribution in [0, 0.1) is 0 Å². The van der Waals surface area contributed by atoms with E-state index in [-0.39, 0.29) is 30.3 Å². The Morgan fingerprint density at radius 1 is 1.21 bits per heavy atom. The van der Waals surface area contributed by atoms with Gasteiger partial charge in [-0.2, -0.15) is 0 Å². The number of carbonyl (C=O) groups is 3. The first-order valence-corrected chi connectivity index (χ1v) is 10.5. The largest absolute Gasteiger partial charge is 0.478 e. The van der Waals surface area contributed by atoms with E-state index >= 15 is 0 Å². The number of carboxylic acids is 1. The predicted molar refractivity (Wildman–Crippen MR) is 121 cm³/mol. The van der Waals surface area contributed by atoms with E-state index in [0.717, 1.165) is 10.0 Å². The lowest BCUT2D eigenvalue weighted by molar-refractivity contribution is -0.122. The molecule has 2 amide bonds. The molecule has 2 aromatic carbocycles. The monoisotopic (exact) mass is 490 g/mol. The van der Waals surface area contributed by atoms with E-state index < -0.39 is 5.97 Å². The number of rotatable bonds is 6. The van der Waals surface area contributed by atoms with Gasteiger partial charge in [0.1, 0.15) is 4.32 Å². The summed E-state index contributed by atoms with van der Waals surface area (Å²) in [6, 6.07) is 13.5. The zero-order valence-electron chi connectivity index (χ0n) is 14.9. The highest BCUT2D eigenvalue weighted by Gasteiger charge is 2.32. The minimum absolute atomic E-state index is 0.0356. The Balaban J connectivity index is 1.61. The van der Waals surface area contributed by atoms with Crippen molar-refractivity contribution in [2.45, 2.75) is 6.42 Å². The molecule has 0 aliphatic carbocycles. The van der Waals surface area contributed by atoms with E-state index in [2.05, 4.69) is 21.2 Å². The van der Waals surface area contributed by atoms with Gasteiger partial charge in [-0.05, 0) is 42.0 Å². The molecule has 9 heteroatoms. The molecule has 2 N–H and O–H groups in total. The second kappa shape index (κ2) is 9.34. The van der Waals surface area contributed by atoms with Crippen molar-refractivity contribution in [1.82, 2.24) is 4.90 Å². The molecule has 0 radical (unpaired) electrons. The fourth-order valence-corrected chi connectivity index (χ4v) is 4.33. The minimum atomic E-state index is -1.07. The highest BCUT2D eigenvalue weighted by atomic mass is 79.9. The van der Waals surface area contributed by atoms with Crippen molar-refractivity contribution in [2.75, 3.05) is 11.9 Å². The number of anilines is 1. The first kappa shape index (κ1) is 21.2. The predicted octanol–water partition coefficient (Wildman–Crippen LogP) is 4.38. The Morgan fingerprint density at radius 3 is 2.69 bits per heavy atom. The van der Waals surface area contributed by atoms with Gasteiger partial charge >= 0.3 is 5.97 Å². The SMILES string of the molecule is O=C(CCN1C(=O)C(=Cc2cccc(Br)c2)SC1=S)Nc1cccc(C(=O)O)c1. The smallest absolute Gasteiger partial charge is 0.335 e. The van der Waals surface area contributed by atoms with E-state index in [1.165, 1.54) is 28.8 Å². The zero-order chi connectivity index (χ0) is 21.0. The second-order valence-corrected chi connectivity index (χ2v) is 8.66. The maximum absolute atomic E-state index is 12.6. The molecular weight excluding hydrogens is 476 g/mol. The number of carboxylic acid groups (broad SMARTS) is 1. The number of thioether (sulfide) groups is 1. The standard InChI is InChI=1S/C20H15BrN2O4S2/c21-14-5-1-3-12(9-14)10-16-18(25)23(20(28)29-16)8-7-17(24)22-15-6-2-4-13(11-15)19(26)27/h1-6,9-11H,7-8H2,(H,22,24)(H,26,27). The highest BCUT2D eigenvalue weighted by Crippen LogP contribution is 2.33. The molecule has 0 atom stereocenters. The van der Waals surface area contributed by atoms with Gasteiger partial charge in [-0.1, -0.05) is 58.1 Å². The van der Waals surface area contributed by atoms with E-state index in [0.29, 0.717) is 14.9 Å². The zero-order valence-corrected chi connectivity index (χ0v) is 18.1. The van der Waals surface area contributed by atoms with Crippen LogP contribution in [0.2, 0.25) is 0 Å². The van der Waals surface area contributed by atoms with Crippen LogP contribution in [0.5, 0.6) is 0 Å². The molecule has 0 bridgehead atoms. The van der Waals surface area contributed by atoms with Crippen molar-refractivity contribution in [3.8, 4) is 0 Å². The number of hydrogen-bond acceptors (Lipinski definition) is 5. The second-order valence-electron chi connectivity index (χ2n) is 6.07. The van der Waals surface area contributed by atoms with Crippen LogP contribution in [0.3, 0.4) is 0 Å². The number of nitrogens with one attached hydrogen (secondary N) is 1. The number of thiocarbonyl (C=S) groups is 1. The van der Waals surface area contributed by atoms with Crippen LogP contribution in [0.25, 0.3) is 6.08 Å². The fraction of sp³-hybridized carbons (Fsp3) is 0.100. The molecule has 2 aromatic rings. The Morgan fingerprint density at radius 2 is 1.97 bits per heavy atom. The number of aromatic carboxylic acids is 1. The Bertz CT molecular complexity index is 1040. The van der Waals surface area contributed by atoms with Crippen molar-refractivity contribution >= 4 is 73.8 Å². The summed E-state index contributed by atoms with van der Waals surface area (Å²) < 4.78 is 1.31.